The fourth-order valence-corrected chi connectivity index (χ4v) is 5.39. The van der Waals surface area contributed by atoms with Gasteiger partial charge in [-0.25, -0.2) is 4.98 Å². The van der Waals surface area contributed by atoms with Crippen molar-refractivity contribution >= 4 is 34.8 Å². The van der Waals surface area contributed by atoms with E-state index < -0.39 is 0 Å². The second-order valence-corrected chi connectivity index (χ2v) is 9.84. The number of rotatable bonds is 5. The van der Waals surface area contributed by atoms with E-state index >= 15 is 0 Å². The first kappa shape index (κ1) is 22.7. The Bertz CT molecular complexity index is 1060. The highest BCUT2D eigenvalue weighted by Gasteiger charge is 2.23. The van der Waals surface area contributed by atoms with Crippen LogP contribution in [0.5, 0.6) is 0 Å². The summed E-state index contributed by atoms with van der Waals surface area (Å²) in [7, 11) is 1.79. The van der Waals surface area contributed by atoms with E-state index in [0.29, 0.717) is 29.5 Å². The SMILES string of the molecule is CN1C(=O)CCc2ccc(NC(=O)c3ccc(N4CCCCC4)nc3NC3CCCCC3)cc21. The number of amides is 2. The maximum atomic E-state index is 13.4. The highest BCUT2D eigenvalue weighted by molar-refractivity contribution is 6.08. The average molecular weight is 462 g/mol. The third kappa shape index (κ3) is 4.88. The summed E-state index contributed by atoms with van der Waals surface area (Å²) >= 11 is 0. The van der Waals surface area contributed by atoms with Crippen molar-refractivity contribution in [2.75, 3.05) is 40.6 Å². The molecule has 0 spiro atoms. The number of hydrogen-bond donors (Lipinski definition) is 2. The minimum Gasteiger partial charge on any atom is -0.367 e. The summed E-state index contributed by atoms with van der Waals surface area (Å²) in [4.78, 5) is 34.5. The average Bonchev–Trinajstić information content (AvgIpc) is 2.87. The van der Waals surface area contributed by atoms with Gasteiger partial charge in [-0.1, -0.05) is 25.3 Å². The lowest BCUT2D eigenvalue weighted by Gasteiger charge is -2.29. The van der Waals surface area contributed by atoms with E-state index in [2.05, 4.69) is 15.5 Å². The van der Waals surface area contributed by atoms with Gasteiger partial charge in [0.15, 0.2) is 0 Å². The third-order valence-corrected chi connectivity index (χ3v) is 7.44. The molecule has 0 radical (unpaired) electrons. The minimum atomic E-state index is -0.180. The molecule has 1 aromatic heterocycles. The molecular formula is C27H35N5O2. The van der Waals surface area contributed by atoms with Gasteiger partial charge in [-0.2, -0.15) is 0 Å². The van der Waals surface area contributed by atoms with E-state index in [-0.39, 0.29) is 11.8 Å². The van der Waals surface area contributed by atoms with Crippen molar-refractivity contribution in [1.29, 1.82) is 0 Å². The van der Waals surface area contributed by atoms with Crippen molar-refractivity contribution < 1.29 is 9.59 Å². The number of nitrogens with zero attached hydrogens (tertiary/aromatic N) is 3. The first-order chi connectivity index (χ1) is 16.6. The van der Waals surface area contributed by atoms with Crippen LogP contribution in [0, 0.1) is 0 Å². The molecule has 1 aliphatic carbocycles. The van der Waals surface area contributed by atoms with E-state index in [1.165, 1.54) is 38.5 Å². The van der Waals surface area contributed by atoms with E-state index in [9.17, 15) is 9.59 Å². The Kier molecular flexibility index (Phi) is 6.70. The van der Waals surface area contributed by atoms with E-state index in [4.69, 9.17) is 4.98 Å². The zero-order valence-corrected chi connectivity index (χ0v) is 20.1. The summed E-state index contributed by atoms with van der Waals surface area (Å²) in [5.74, 6) is 1.55. The Hall–Kier alpha value is -3.09. The highest BCUT2D eigenvalue weighted by Crippen LogP contribution is 2.31. The number of aromatic nitrogens is 1. The van der Waals surface area contributed by atoms with Crippen LogP contribution in [0.15, 0.2) is 30.3 Å². The van der Waals surface area contributed by atoms with Crippen LogP contribution in [0.3, 0.4) is 0 Å². The van der Waals surface area contributed by atoms with Crippen LogP contribution >= 0.6 is 0 Å². The van der Waals surface area contributed by atoms with Gasteiger partial charge in [0.2, 0.25) is 5.91 Å². The summed E-state index contributed by atoms with van der Waals surface area (Å²) in [6, 6.07) is 10.1. The Morgan fingerprint density at radius 2 is 1.74 bits per heavy atom. The first-order valence-corrected chi connectivity index (χ1v) is 12.8. The second-order valence-electron chi connectivity index (χ2n) is 9.84. The molecule has 0 bridgehead atoms. The normalized spacial score (nSPS) is 19.0. The monoisotopic (exact) mass is 461 g/mol. The molecule has 0 unspecified atom stereocenters. The molecule has 5 rings (SSSR count). The summed E-state index contributed by atoms with van der Waals surface area (Å²) < 4.78 is 0. The molecule has 2 N–H and O–H groups in total. The number of nitrogens with one attached hydrogen (secondary N) is 2. The third-order valence-electron chi connectivity index (χ3n) is 7.44. The van der Waals surface area contributed by atoms with Gasteiger partial charge in [0.05, 0.1) is 5.56 Å². The lowest BCUT2D eigenvalue weighted by atomic mass is 9.95. The van der Waals surface area contributed by atoms with Crippen molar-refractivity contribution in [2.45, 2.75) is 70.3 Å². The van der Waals surface area contributed by atoms with Crippen LogP contribution in [0.4, 0.5) is 23.0 Å². The van der Waals surface area contributed by atoms with Crippen molar-refractivity contribution in [3.05, 3.63) is 41.5 Å². The number of carbonyl (C=O) groups excluding carboxylic acids is 2. The van der Waals surface area contributed by atoms with E-state index in [0.717, 1.165) is 49.4 Å². The number of fused-ring (bicyclic) bond motifs is 1. The molecular weight excluding hydrogens is 426 g/mol. The Labute approximate surface area is 201 Å². The number of pyridine rings is 1. The van der Waals surface area contributed by atoms with Gasteiger partial charge in [-0.3, -0.25) is 9.59 Å². The number of benzene rings is 1. The zero-order valence-electron chi connectivity index (χ0n) is 20.1. The predicted molar refractivity (Wildman–Crippen MR) is 137 cm³/mol. The van der Waals surface area contributed by atoms with E-state index in [1.807, 2.05) is 30.3 Å². The van der Waals surface area contributed by atoms with Crippen LogP contribution < -0.4 is 20.4 Å². The fourth-order valence-electron chi connectivity index (χ4n) is 5.39. The standard InChI is InChI=1S/C27H35N5O2/c1-31-23-18-21(12-10-19(23)11-15-25(31)33)29-27(34)22-13-14-24(32-16-6-3-7-17-32)30-26(22)28-20-8-4-2-5-9-20/h10,12-14,18,20H,2-9,11,15-17H2,1H3,(H,28,30)(H,29,34). The van der Waals surface area contributed by atoms with Gasteiger partial charge in [-0.05, 0) is 68.4 Å². The maximum absolute atomic E-state index is 13.4. The van der Waals surface area contributed by atoms with E-state index in [1.54, 1.807) is 11.9 Å². The Morgan fingerprint density at radius 1 is 0.971 bits per heavy atom. The largest absolute Gasteiger partial charge is 0.367 e. The molecule has 1 saturated carbocycles. The summed E-state index contributed by atoms with van der Waals surface area (Å²) in [6.45, 7) is 2.03. The summed E-state index contributed by atoms with van der Waals surface area (Å²) in [5.41, 5.74) is 3.25. The van der Waals surface area contributed by atoms with Gasteiger partial charge >= 0.3 is 0 Å². The molecule has 1 aromatic carbocycles. The quantitative estimate of drug-likeness (QED) is 0.657. The molecule has 1 saturated heterocycles. The molecule has 2 fully saturated rings. The molecule has 2 aromatic rings. The molecule has 2 amide bonds. The fraction of sp³-hybridized carbons (Fsp3) is 0.519. The summed E-state index contributed by atoms with van der Waals surface area (Å²) in [6.07, 6.45) is 10.8. The smallest absolute Gasteiger partial charge is 0.259 e. The maximum Gasteiger partial charge on any atom is 0.259 e. The molecule has 34 heavy (non-hydrogen) atoms. The van der Waals surface area contributed by atoms with Crippen molar-refractivity contribution in [3.63, 3.8) is 0 Å². The number of aryl methyl sites for hydroxylation is 1. The number of hydrogen-bond acceptors (Lipinski definition) is 5. The number of piperidine rings is 1. The van der Waals surface area contributed by atoms with Gasteiger partial charge in [0.25, 0.3) is 5.91 Å². The zero-order chi connectivity index (χ0) is 23.5. The van der Waals surface area contributed by atoms with Crippen molar-refractivity contribution in [1.82, 2.24) is 4.98 Å². The predicted octanol–water partition coefficient (Wildman–Crippen LogP) is 4.98. The first-order valence-electron chi connectivity index (χ1n) is 12.8. The van der Waals surface area contributed by atoms with Gasteiger partial charge in [0.1, 0.15) is 11.6 Å². The van der Waals surface area contributed by atoms with Crippen LogP contribution in [0.2, 0.25) is 0 Å². The minimum absolute atomic E-state index is 0.104. The molecule has 180 valence electrons. The lowest BCUT2D eigenvalue weighted by molar-refractivity contribution is -0.118. The van der Waals surface area contributed by atoms with Crippen LogP contribution in [-0.4, -0.2) is 43.0 Å². The number of anilines is 4. The molecule has 3 heterocycles. The molecule has 3 aliphatic rings. The van der Waals surface area contributed by atoms with Gasteiger partial charge in [-0.15, -0.1) is 0 Å². The van der Waals surface area contributed by atoms with Gasteiger partial charge < -0.3 is 20.4 Å². The van der Waals surface area contributed by atoms with Crippen molar-refractivity contribution in [3.8, 4) is 0 Å². The summed E-state index contributed by atoms with van der Waals surface area (Å²) in [5, 5.41) is 6.66. The molecule has 2 aliphatic heterocycles. The molecule has 0 atom stereocenters. The highest BCUT2D eigenvalue weighted by atomic mass is 16.2. The second kappa shape index (κ2) is 10.0. The van der Waals surface area contributed by atoms with Crippen LogP contribution in [0.1, 0.15) is 73.7 Å². The molecule has 7 nitrogen and oxygen atoms in total. The Morgan fingerprint density at radius 3 is 2.53 bits per heavy atom. The van der Waals surface area contributed by atoms with Crippen LogP contribution in [0.25, 0.3) is 0 Å². The van der Waals surface area contributed by atoms with Crippen LogP contribution in [-0.2, 0) is 11.2 Å². The van der Waals surface area contributed by atoms with Gasteiger partial charge in [0, 0.05) is 44.0 Å². The lowest BCUT2D eigenvalue weighted by Crippen LogP contribution is -2.31. The molecule has 7 heteroatoms. The Balaban J connectivity index is 1.40. The number of carbonyl (C=O) groups is 2. The topological polar surface area (TPSA) is 77.6 Å². The van der Waals surface area contributed by atoms with Crippen molar-refractivity contribution in [2.24, 2.45) is 0 Å².